The van der Waals surface area contributed by atoms with Crippen LogP contribution in [-0.2, 0) is 0 Å². The summed E-state index contributed by atoms with van der Waals surface area (Å²) < 4.78 is 0. The predicted octanol–water partition coefficient (Wildman–Crippen LogP) is 4.16. The molecule has 21 heavy (non-hydrogen) atoms. The molecule has 0 aliphatic carbocycles. The van der Waals surface area contributed by atoms with Crippen molar-refractivity contribution in [3.05, 3.63) is 29.8 Å². The number of hydrogen-bond donors (Lipinski definition) is 1. The van der Waals surface area contributed by atoms with Crippen LogP contribution in [0.15, 0.2) is 24.3 Å². The summed E-state index contributed by atoms with van der Waals surface area (Å²) in [7, 11) is 0. The maximum atomic E-state index is 12.5. The maximum Gasteiger partial charge on any atom is 0.253 e. The van der Waals surface area contributed by atoms with Gasteiger partial charge >= 0.3 is 0 Å². The summed E-state index contributed by atoms with van der Waals surface area (Å²) in [5, 5.41) is 3.33. The van der Waals surface area contributed by atoms with Crippen LogP contribution >= 0.6 is 0 Å². The van der Waals surface area contributed by atoms with Crippen LogP contribution in [0.1, 0.15) is 56.8 Å². The van der Waals surface area contributed by atoms with Crippen LogP contribution in [0.2, 0.25) is 0 Å². The Morgan fingerprint density at radius 1 is 1.19 bits per heavy atom. The number of nitrogens with zero attached hydrogens (tertiary/aromatic N) is 1. The standard InChI is InChI=1S/C18H28N2O/c1-4-12-19-16-8-6-15(7-9-16)17(21)20-13-10-18(3,5-2)11-14-20/h6-9,19H,4-5,10-14H2,1-3H3. The first-order chi connectivity index (χ1) is 10.1. The maximum absolute atomic E-state index is 12.5. The summed E-state index contributed by atoms with van der Waals surface area (Å²) >= 11 is 0. The molecule has 2 rings (SSSR count). The molecule has 1 aliphatic heterocycles. The van der Waals surface area contributed by atoms with Crippen LogP contribution in [0, 0.1) is 5.41 Å². The van der Waals surface area contributed by atoms with Crippen molar-refractivity contribution < 1.29 is 4.79 Å². The van der Waals surface area contributed by atoms with E-state index in [0.717, 1.165) is 50.1 Å². The molecule has 1 saturated heterocycles. The third kappa shape index (κ3) is 3.99. The molecule has 0 spiro atoms. The summed E-state index contributed by atoms with van der Waals surface area (Å²) in [6.07, 6.45) is 4.54. The van der Waals surface area contributed by atoms with E-state index in [4.69, 9.17) is 0 Å². The molecular weight excluding hydrogens is 260 g/mol. The van der Waals surface area contributed by atoms with E-state index in [1.807, 2.05) is 29.2 Å². The summed E-state index contributed by atoms with van der Waals surface area (Å²) in [6.45, 7) is 9.47. The molecule has 1 aromatic carbocycles. The van der Waals surface area contributed by atoms with E-state index in [1.54, 1.807) is 0 Å². The molecule has 0 aromatic heterocycles. The largest absolute Gasteiger partial charge is 0.385 e. The monoisotopic (exact) mass is 288 g/mol. The van der Waals surface area contributed by atoms with Gasteiger partial charge in [0, 0.05) is 30.9 Å². The average Bonchev–Trinajstić information content (AvgIpc) is 2.53. The van der Waals surface area contributed by atoms with Gasteiger partial charge in [-0.15, -0.1) is 0 Å². The number of likely N-dealkylation sites (tertiary alicyclic amines) is 1. The van der Waals surface area contributed by atoms with Crippen LogP contribution < -0.4 is 5.32 Å². The van der Waals surface area contributed by atoms with Crippen molar-refractivity contribution in [3.8, 4) is 0 Å². The minimum Gasteiger partial charge on any atom is -0.385 e. The van der Waals surface area contributed by atoms with E-state index in [1.165, 1.54) is 6.42 Å². The molecule has 1 N–H and O–H groups in total. The van der Waals surface area contributed by atoms with Gasteiger partial charge in [0.1, 0.15) is 0 Å². The molecule has 0 bridgehead atoms. The van der Waals surface area contributed by atoms with Gasteiger partial charge < -0.3 is 10.2 Å². The zero-order valence-electron chi connectivity index (χ0n) is 13.6. The first-order valence-corrected chi connectivity index (χ1v) is 8.21. The first-order valence-electron chi connectivity index (χ1n) is 8.21. The topological polar surface area (TPSA) is 32.3 Å². The highest BCUT2D eigenvalue weighted by Crippen LogP contribution is 2.34. The third-order valence-electron chi connectivity index (χ3n) is 4.82. The van der Waals surface area contributed by atoms with E-state index in [2.05, 4.69) is 26.1 Å². The molecule has 3 nitrogen and oxygen atoms in total. The molecule has 1 fully saturated rings. The minimum atomic E-state index is 0.176. The lowest BCUT2D eigenvalue weighted by molar-refractivity contribution is 0.0600. The summed E-state index contributed by atoms with van der Waals surface area (Å²) in [5.41, 5.74) is 2.31. The normalized spacial score (nSPS) is 17.6. The van der Waals surface area contributed by atoms with Gasteiger partial charge in [-0.1, -0.05) is 27.2 Å². The third-order valence-corrected chi connectivity index (χ3v) is 4.82. The molecular formula is C18H28N2O. The average molecular weight is 288 g/mol. The quantitative estimate of drug-likeness (QED) is 0.882. The van der Waals surface area contributed by atoms with E-state index in [9.17, 15) is 4.79 Å². The van der Waals surface area contributed by atoms with Gasteiger partial charge in [-0.25, -0.2) is 0 Å². The SMILES string of the molecule is CCCNc1ccc(C(=O)N2CCC(C)(CC)CC2)cc1. The van der Waals surface area contributed by atoms with Crippen LogP contribution in [0.3, 0.4) is 0 Å². The van der Waals surface area contributed by atoms with Crippen LogP contribution in [0.4, 0.5) is 5.69 Å². The first kappa shape index (κ1) is 15.9. The second kappa shape index (κ2) is 6.97. The van der Waals surface area contributed by atoms with Gasteiger partial charge in [-0.3, -0.25) is 4.79 Å². The smallest absolute Gasteiger partial charge is 0.253 e. The molecule has 0 saturated carbocycles. The van der Waals surface area contributed by atoms with Gasteiger partial charge in [0.15, 0.2) is 0 Å². The summed E-state index contributed by atoms with van der Waals surface area (Å²) in [6, 6.07) is 7.88. The lowest BCUT2D eigenvalue weighted by atomic mass is 9.78. The minimum absolute atomic E-state index is 0.176. The summed E-state index contributed by atoms with van der Waals surface area (Å²) in [5.74, 6) is 0.176. The number of amides is 1. The Kier molecular flexibility index (Phi) is 5.27. The fraction of sp³-hybridized carbons (Fsp3) is 0.611. The molecule has 1 aromatic rings. The van der Waals surface area contributed by atoms with Crippen molar-refractivity contribution in [3.63, 3.8) is 0 Å². The number of benzene rings is 1. The Hall–Kier alpha value is -1.51. The highest BCUT2D eigenvalue weighted by molar-refractivity contribution is 5.94. The van der Waals surface area contributed by atoms with Crippen molar-refractivity contribution in [1.29, 1.82) is 0 Å². The van der Waals surface area contributed by atoms with E-state index in [-0.39, 0.29) is 5.91 Å². The number of nitrogens with one attached hydrogen (secondary N) is 1. The highest BCUT2D eigenvalue weighted by Gasteiger charge is 2.30. The number of hydrogen-bond acceptors (Lipinski definition) is 2. The fourth-order valence-electron chi connectivity index (χ4n) is 2.79. The Morgan fingerprint density at radius 2 is 1.81 bits per heavy atom. The highest BCUT2D eigenvalue weighted by atomic mass is 16.2. The van der Waals surface area contributed by atoms with Crippen molar-refractivity contribution in [2.45, 2.75) is 46.5 Å². The molecule has 1 heterocycles. The van der Waals surface area contributed by atoms with Gasteiger partial charge in [0.25, 0.3) is 5.91 Å². The van der Waals surface area contributed by atoms with Gasteiger partial charge in [-0.05, 0) is 48.9 Å². The Bertz CT molecular complexity index is 459. The molecule has 3 heteroatoms. The zero-order valence-corrected chi connectivity index (χ0v) is 13.6. The molecule has 0 radical (unpaired) electrons. The molecule has 0 unspecified atom stereocenters. The van der Waals surface area contributed by atoms with E-state index in [0.29, 0.717) is 5.41 Å². The van der Waals surface area contributed by atoms with Crippen molar-refractivity contribution >= 4 is 11.6 Å². The van der Waals surface area contributed by atoms with Crippen LogP contribution in [0.25, 0.3) is 0 Å². The molecule has 1 amide bonds. The van der Waals surface area contributed by atoms with Gasteiger partial charge in [-0.2, -0.15) is 0 Å². The van der Waals surface area contributed by atoms with Crippen LogP contribution in [0.5, 0.6) is 0 Å². The number of carbonyl (C=O) groups is 1. The van der Waals surface area contributed by atoms with Crippen molar-refractivity contribution in [2.75, 3.05) is 25.0 Å². The van der Waals surface area contributed by atoms with Crippen LogP contribution in [-0.4, -0.2) is 30.4 Å². The summed E-state index contributed by atoms with van der Waals surface area (Å²) in [4.78, 5) is 14.5. The molecule has 0 atom stereocenters. The predicted molar refractivity (Wildman–Crippen MR) is 88.8 cm³/mol. The van der Waals surface area contributed by atoms with Gasteiger partial charge in [0.2, 0.25) is 0 Å². The Balaban J connectivity index is 1.94. The fourth-order valence-corrected chi connectivity index (χ4v) is 2.79. The van der Waals surface area contributed by atoms with Gasteiger partial charge in [0.05, 0.1) is 0 Å². The lowest BCUT2D eigenvalue weighted by Gasteiger charge is -2.39. The van der Waals surface area contributed by atoms with Crippen molar-refractivity contribution in [2.24, 2.45) is 5.41 Å². The second-order valence-electron chi connectivity index (χ2n) is 6.46. The number of carbonyl (C=O) groups excluding carboxylic acids is 1. The Labute approximate surface area is 128 Å². The molecule has 1 aliphatic rings. The number of anilines is 1. The Morgan fingerprint density at radius 3 is 2.33 bits per heavy atom. The molecule has 116 valence electrons. The van der Waals surface area contributed by atoms with E-state index >= 15 is 0 Å². The second-order valence-corrected chi connectivity index (χ2v) is 6.46. The van der Waals surface area contributed by atoms with Crippen molar-refractivity contribution in [1.82, 2.24) is 4.90 Å². The lowest BCUT2D eigenvalue weighted by Crippen LogP contribution is -2.41. The number of piperidine rings is 1. The zero-order chi connectivity index (χ0) is 15.3. The number of rotatable bonds is 5. The van der Waals surface area contributed by atoms with E-state index < -0.39 is 0 Å².